The summed E-state index contributed by atoms with van der Waals surface area (Å²) in [4.78, 5) is 16.4. The minimum atomic E-state index is -0.751. The number of carbonyl (C=O) groups excluding carboxylic acids is 1. The van der Waals surface area contributed by atoms with Crippen LogP contribution in [0.1, 0.15) is 41.6 Å². The summed E-state index contributed by atoms with van der Waals surface area (Å²) in [6.45, 7) is 3.65. The van der Waals surface area contributed by atoms with Gasteiger partial charge in [0.05, 0.1) is 6.10 Å². The van der Waals surface area contributed by atoms with Gasteiger partial charge in [-0.15, -0.1) is 0 Å². The molecule has 0 spiro atoms. The molecule has 0 atom stereocenters. The predicted molar refractivity (Wildman–Crippen MR) is 116 cm³/mol. The molecule has 7 heteroatoms. The minimum absolute atomic E-state index is 0.0239. The highest BCUT2D eigenvalue weighted by Crippen LogP contribution is 2.34. The molecule has 4 nitrogen and oxygen atoms in total. The third kappa shape index (κ3) is 5.55. The second-order valence-electron chi connectivity index (χ2n) is 8.66. The third-order valence-electron chi connectivity index (χ3n) is 6.10. The Labute approximate surface area is 186 Å². The van der Waals surface area contributed by atoms with Crippen LogP contribution in [0.3, 0.4) is 0 Å². The SMILES string of the molecule is CN(CC1CC(Oc2ccc(CN3CCCC3)c(Cl)c2)C1)C(=O)c1cc(F)cc(F)c1. The molecule has 0 radical (unpaired) electrons. The van der Waals surface area contributed by atoms with Crippen molar-refractivity contribution in [3.8, 4) is 5.75 Å². The number of benzene rings is 2. The van der Waals surface area contributed by atoms with Crippen LogP contribution in [-0.4, -0.2) is 48.5 Å². The maximum Gasteiger partial charge on any atom is 0.253 e. The highest BCUT2D eigenvalue weighted by atomic mass is 35.5. The normalized spacial score (nSPS) is 21.0. The van der Waals surface area contributed by atoms with Gasteiger partial charge in [-0.3, -0.25) is 9.69 Å². The van der Waals surface area contributed by atoms with Gasteiger partial charge in [-0.1, -0.05) is 17.7 Å². The molecular weight excluding hydrogens is 422 g/mol. The van der Waals surface area contributed by atoms with Crippen LogP contribution in [0.2, 0.25) is 5.02 Å². The largest absolute Gasteiger partial charge is 0.490 e. The lowest BCUT2D eigenvalue weighted by atomic mass is 9.82. The Hall–Kier alpha value is -2.18. The summed E-state index contributed by atoms with van der Waals surface area (Å²) in [6, 6.07) is 8.78. The molecule has 166 valence electrons. The maximum atomic E-state index is 13.4. The number of rotatable bonds is 7. The lowest BCUT2D eigenvalue weighted by Gasteiger charge is -2.37. The van der Waals surface area contributed by atoms with Gasteiger partial charge in [0, 0.05) is 36.8 Å². The zero-order chi connectivity index (χ0) is 22.0. The number of amides is 1. The van der Waals surface area contributed by atoms with Crippen molar-refractivity contribution in [2.75, 3.05) is 26.7 Å². The Balaban J connectivity index is 1.24. The smallest absolute Gasteiger partial charge is 0.253 e. The molecule has 0 bridgehead atoms. The molecule has 31 heavy (non-hydrogen) atoms. The standard InChI is InChI=1S/C24H27ClF2N2O2/c1-28(24(30)18-10-19(26)12-20(27)11-18)14-16-8-22(9-16)31-21-5-4-17(23(25)13-21)15-29-6-2-3-7-29/h4-5,10-13,16,22H,2-3,6-9,14-15H2,1H3. The average Bonchev–Trinajstić information content (AvgIpc) is 3.20. The Morgan fingerprint density at radius 1 is 1.13 bits per heavy atom. The van der Waals surface area contributed by atoms with Gasteiger partial charge in [-0.25, -0.2) is 8.78 Å². The van der Waals surface area contributed by atoms with Crippen molar-refractivity contribution in [1.29, 1.82) is 0 Å². The van der Waals surface area contributed by atoms with Gasteiger partial charge in [0.15, 0.2) is 0 Å². The molecule has 1 saturated heterocycles. The molecule has 4 rings (SSSR count). The molecule has 2 aromatic carbocycles. The Morgan fingerprint density at radius 3 is 2.45 bits per heavy atom. The molecule has 0 N–H and O–H groups in total. The van der Waals surface area contributed by atoms with Gasteiger partial charge in [-0.2, -0.15) is 0 Å². The van der Waals surface area contributed by atoms with Crippen LogP contribution in [0, 0.1) is 17.6 Å². The summed E-state index contributed by atoms with van der Waals surface area (Å²) in [5.41, 5.74) is 1.15. The summed E-state index contributed by atoms with van der Waals surface area (Å²) in [5, 5.41) is 0.730. The van der Waals surface area contributed by atoms with Crippen LogP contribution in [0.5, 0.6) is 5.75 Å². The van der Waals surface area contributed by atoms with Gasteiger partial charge in [-0.05, 0) is 74.5 Å². The van der Waals surface area contributed by atoms with Gasteiger partial charge >= 0.3 is 0 Å². The molecule has 1 heterocycles. The van der Waals surface area contributed by atoms with E-state index in [0.717, 1.165) is 67.0 Å². The maximum absolute atomic E-state index is 13.4. The van der Waals surface area contributed by atoms with Crippen molar-refractivity contribution in [2.24, 2.45) is 5.92 Å². The van der Waals surface area contributed by atoms with E-state index in [2.05, 4.69) is 4.90 Å². The molecule has 0 unspecified atom stereocenters. The summed E-state index contributed by atoms with van der Waals surface area (Å²) >= 11 is 6.46. The molecule has 2 aromatic rings. The van der Waals surface area contributed by atoms with Crippen molar-refractivity contribution in [1.82, 2.24) is 9.80 Å². The van der Waals surface area contributed by atoms with E-state index >= 15 is 0 Å². The quantitative estimate of drug-likeness (QED) is 0.587. The summed E-state index contributed by atoms with van der Waals surface area (Å²) in [7, 11) is 1.65. The van der Waals surface area contributed by atoms with Crippen molar-refractivity contribution in [2.45, 2.75) is 38.3 Å². The average molecular weight is 449 g/mol. The van der Waals surface area contributed by atoms with Gasteiger partial charge in [0.2, 0.25) is 0 Å². The highest BCUT2D eigenvalue weighted by Gasteiger charge is 2.33. The minimum Gasteiger partial charge on any atom is -0.490 e. The van der Waals surface area contributed by atoms with E-state index in [9.17, 15) is 13.6 Å². The van der Waals surface area contributed by atoms with Gasteiger partial charge in [0.25, 0.3) is 5.91 Å². The van der Waals surface area contributed by atoms with Crippen LogP contribution >= 0.6 is 11.6 Å². The first-order chi connectivity index (χ1) is 14.9. The highest BCUT2D eigenvalue weighted by molar-refractivity contribution is 6.31. The van der Waals surface area contributed by atoms with Crippen molar-refractivity contribution in [3.63, 3.8) is 0 Å². The number of likely N-dealkylation sites (tertiary alicyclic amines) is 1. The van der Waals surface area contributed by atoms with E-state index in [1.165, 1.54) is 17.7 Å². The number of ether oxygens (including phenoxy) is 1. The van der Waals surface area contributed by atoms with Crippen LogP contribution in [-0.2, 0) is 6.54 Å². The lowest BCUT2D eigenvalue weighted by molar-refractivity contribution is 0.0419. The van der Waals surface area contributed by atoms with Crippen LogP contribution < -0.4 is 4.74 Å². The summed E-state index contributed by atoms with van der Waals surface area (Å²) in [5.74, 6) is -0.832. The van der Waals surface area contributed by atoms with Crippen molar-refractivity contribution >= 4 is 17.5 Å². The first-order valence-corrected chi connectivity index (χ1v) is 11.1. The monoisotopic (exact) mass is 448 g/mol. The molecule has 2 fully saturated rings. The second-order valence-corrected chi connectivity index (χ2v) is 9.06. The zero-order valence-corrected chi connectivity index (χ0v) is 18.4. The topological polar surface area (TPSA) is 32.8 Å². The fourth-order valence-corrected chi connectivity index (χ4v) is 4.62. The van der Waals surface area contributed by atoms with E-state index in [4.69, 9.17) is 16.3 Å². The predicted octanol–water partition coefficient (Wildman–Crippen LogP) is 5.14. The van der Waals surface area contributed by atoms with Crippen molar-refractivity contribution < 1.29 is 18.3 Å². The number of hydrogen-bond donors (Lipinski definition) is 0. The van der Waals surface area contributed by atoms with E-state index < -0.39 is 11.6 Å². The number of carbonyl (C=O) groups is 1. The number of hydrogen-bond acceptors (Lipinski definition) is 3. The second kappa shape index (κ2) is 9.53. The zero-order valence-electron chi connectivity index (χ0n) is 17.6. The fraction of sp³-hybridized carbons (Fsp3) is 0.458. The third-order valence-corrected chi connectivity index (χ3v) is 6.45. The molecule has 1 saturated carbocycles. The molecular formula is C24H27ClF2N2O2. The summed E-state index contributed by atoms with van der Waals surface area (Å²) < 4.78 is 32.8. The van der Waals surface area contributed by atoms with E-state index in [-0.39, 0.29) is 17.6 Å². The Kier molecular flexibility index (Phi) is 6.77. The van der Waals surface area contributed by atoms with E-state index in [0.29, 0.717) is 12.5 Å². The Bertz CT molecular complexity index is 923. The Morgan fingerprint density at radius 2 is 1.81 bits per heavy atom. The van der Waals surface area contributed by atoms with Crippen LogP contribution in [0.25, 0.3) is 0 Å². The van der Waals surface area contributed by atoms with Crippen LogP contribution in [0.15, 0.2) is 36.4 Å². The molecule has 1 aliphatic heterocycles. The van der Waals surface area contributed by atoms with Crippen LogP contribution in [0.4, 0.5) is 8.78 Å². The first kappa shape index (κ1) is 22.0. The molecule has 1 aliphatic carbocycles. The number of halogens is 3. The molecule has 1 amide bonds. The fourth-order valence-electron chi connectivity index (χ4n) is 4.39. The number of nitrogens with zero attached hydrogens (tertiary/aromatic N) is 2. The molecule has 0 aromatic heterocycles. The first-order valence-electron chi connectivity index (χ1n) is 10.8. The van der Waals surface area contributed by atoms with Gasteiger partial charge in [0.1, 0.15) is 17.4 Å². The van der Waals surface area contributed by atoms with E-state index in [1.54, 1.807) is 7.05 Å². The van der Waals surface area contributed by atoms with E-state index in [1.807, 2.05) is 18.2 Å². The molecule has 2 aliphatic rings. The van der Waals surface area contributed by atoms with Gasteiger partial charge < -0.3 is 9.64 Å². The van der Waals surface area contributed by atoms with Crippen molar-refractivity contribution in [3.05, 3.63) is 64.2 Å². The lowest BCUT2D eigenvalue weighted by Crippen LogP contribution is -2.42. The summed E-state index contributed by atoms with van der Waals surface area (Å²) in [6.07, 6.45) is 4.23.